The molecule has 3 aromatic rings. The van der Waals surface area contributed by atoms with E-state index in [4.69, 9.17) is 11.6 Å². The first-order valence-electron chi connectivity index (χ1n) is 6.98. The van der Waals surface area contributed by atoms with Crippen molar-refractivity contribution in [1.82, 2.24) is 14.8 Å². The van der Waals surface area contributed by atoms with Crippen molar-refractivity contribution in [2.24, 2.45) is 7.05 Å². The average Bonchev–Trinajstić information content (AvgIpc) is 2.88. The van der Waals surface area contributed by atoms with Gasteiger partial charge in [0.1, 0.15) is 0 Å². The molecule has 0 aliphatic rings. The van der Waals surface area contributed by atoms with Crippen LogP contribution in [0.25, 0.3) is 11.4 Å². The predicted octanol–water partition coefficient (Wildman–Crippen LogP) is 4.74. The highest BCUT2D eigenvalue weighted by Gasteiger charge is 2.12. The van der Waals surface area contributed by atoms with E-state index in [9.17, 15) is 0 Å². The van der Waals surface area contributed by atoms with Crippen LogP contribution >= 0.6 is 23.4 Å². The summed E-state index contributed by atoms with van der Waals surface area (Å²) >= 11 is 7.58. The lowest BCUT2D eigenvalue weighted by Gasteiger charge is -2.06. The molecule has 1 aromatic heterocycles. The van der Waals surface area contributed by atoms with Gasteiger partial charge in [-0.1, -0.05) is 59.8 Å². The number of hydrogen-bond acceptors (Lipinski definition) is 3. The Balaban J connectivity index is 1.79. The molecule has 0 fully saturated rings. The van der Waals surface area contributed by atoms with E-state index >= 15 is 0 Å². The van der Waals surface area contributed by atoms with Gasteiger partial charge in [-0.2, -0.15) is 0 Å². The Bertz CT molecular complexity index is 781. The Hall–Kier alpha value is -1.78. The summed E-state index contributed by atoms with van der Waals surface area (Å²) < 4.78 is 2.04. The molecule has 0 atom stereocenters. The lowest BCUT2D eigenvalue weighted by Crippen LogP contribution is -1.96. The smallest absolute Gasteiger partial charge is 0.191 e. The summed E-state index contributed by atoms with van der Waals surface area (Å²) in [7, 11) is 2.01. The molecule has 0 aliphatic carbocycles. The topological polar surface area (TPSA) is 30.7 Å². The Morgan fingerprint density at radius 1 is 1.05 bits per heavy atom. The van der Waals surface area contributed by atoms with Crippen LogP contribution in [-0.4, -0.2) is 14.8 Å². The summed E-state index contributed by atoms with van der Waals surface area (Å²) in [6, 6.07) is 16.1. The number of benzene rings is 2. The lowest BCUT2D eigenvalue weighted by molar-refractivity contribution is 0.793. The quantitative estimate of drug-likeness (QED) is 0.648. The van der Waals surface area contributed by atoms with Gasteiger partial charge in [-0.3, -0.25) is 0 Å². The van der Waals surface area contributed by atoms with Gasteiger partial charge in [0.25, 0.3) is 0 Å². The molecule has 3 rings (SSSR count). The van der Waals surface area contributed by atoms with Gasteiger partial charge in [0, 0.05) is 23.4 Å². The number of aryl methyl sites for hydroxylation is 1. The van der Waals surface area contributed by atoms with Crippen LogP contribution in [0, 0.1) is 6.92 Å². The second-order valence-electron chi connectivity index (χ2n) is 5.10. The molecular weight excluding hydrogens is 314 g/mol. The molecule has 112 valence electrons. The molecule has 0 saturated heterocycles. The van der Waals surface area contributed by atoms with E-state index in [2.05, 4.69) is 29.3 Å². The van der Waals surface area contributed by atoms with Crippen LogP contribution < -0.4 is 0 Å². The van der Waals surface area contributed by atoms with Crippen LogP contribution in [0.15, 0.2) is 53.7 Å². The number of aromatic nitrogens is 3. The number of nitrogens with zero attached hydrogens (tertiary/aromatic N) is 3. The zero-order chi connectivity index (χ0) is 15.5. The normalized spacial score (nSPS) is 10.9. The standard InChI is InChI=1S/C17H16ClN3S/c1-12-5-3-4-6-15(12)16-19-20-17(21(16)2)22-11-13-7-9-14(18)10-8-13/h3-10H,11H2,1-2H3. The molecule has 0 N–H and O–H groups in total. The van der Waals surface area contributed by atoms with Crippen molar-refractivity contribution < 1.29 is 0 Å². The van der Waals surface area contributed by atoms with E-state index in [1.165, 1.54) is 11.1 Å². The van der Waals surface area contributed by atoms with Crippen LogP contribution in [0.4, 0.5) is 0 Å². The van der Waals surface area contributed by atoms with Gasteiger partial charge in [-0.15, -0.1) is 10.2 Å². The monoisotopic (exact) mass is 329 g/mol. The van der Waals surface area contributed by atoms with Crippen LogP contribution in [0.3, 0.4) is 0 Å². The van der Waals surface area contributed by atoms with E-state index in [0.717, 1.165) is 27.3 Å². The molecule has 22 heavy (non-hydrogen) atoms. The van der Waals surface area contributed by atoms with Gasteiger partial charge in [0.15, 0.2) is 11.0 Å². The molecule has 2 aromatic carbocycles. The van der Waals surface area contributed by atoms with E-state index in [1.54, 1.807) is 11.8 Å². The molecule has 5 heteroatoms. The third-order valence-corrected chi connectivity index (χ3v) is 4.85. The maximum Gasteiger partial charge on any atom is 0.191 e. The third kappa shape index (κ3) is 3.18. The van der Waals surface area contributed by atoms with Gasteiger partial charge in [-0.25, -0.2) is 0 Å². The first-order chi connectivity index (χ1) is 10.6. The maximum atomic E-state index is 5.91. The predicted molar refractivity (Wildman–Crippen MR) is 92.2 cm³/mol. The van der Waals surface area contributed by atoms with E-state index in [1.807, 2.05) is 48.0 Å². The number of rotatable bonds is 4. The van der Waals surface area contributed by atoms with Gasteiger partial charge in [0.2, 0.25) is 0 Å². The molecule has 0 aliphatic heterocycles. The molecule has 0 spiro atoms. The Morgan fingerprint density at radius 3 is 2.50 bits per heavy atom. The summed E-state index contributed by atoms with van der Waals surface area (Å²) in [4.78, 5) is 0. The molecule has 0 radical (unpaired) electrons. The third-order valence-electron chi connectivity index (χ3n) is 3.50. The molecule has 3 nitrogen and oxygen atoms in total. The molecule has 1 heterocycles. The van der Waals surface area contributed by atoms with Crippen molar-refractivity contribution in [2.75, 3.05) is 0 Å². The zero-order valence-electron chi connectivity index (χ0n) is 12.5. The summed E-state index contributed by atoms with van der Waals surface area (Å²) in [5.41, 5.74) is 3.54. The molecule has 0 saturated carbocycles. The van der Waals surface area contributed by atoms with Crippen molar-refractivity contribution in [1.29, 1.82) is 0 Å². The van der Waals surface area contributed by atoms with Gasteiger partial charge in [-0.05, 0) is 30.2 Å². The van der Waals surface area contributed by atoms with Crippen LogP contribution in [0.5, 0.6) is 0 Å². The second kappa shape index (κ2) is 6.55. The molecule has 0 unspecified atom stereocenters. The first kappa shape index (κ1) is 15.1. The van der Waals surface area contributed by atoms with Crippen molar-refractivity contribution in [3.63, 3.8) is 0 Å². The average molecular weight is 330 g/mol. The minimum atomic E-state index is 0.759. The minimum Gasteiger partial charge on any atom is -0.305 e. The fourth-order valence-corrected chi connectivity index (χ4v) is 3.22. The molecular formula is C17H16ClN3S. The Kier molecular flexibility index (Phi) is 4.50. The van der Waals surface area contributed by atoms with Crippen LogP contribution in [0.2, 0.25) is 5.02 Å². The second-order valence-corrected chi connectivity index (χ2v) is 6.47. The first-order valence-corrected chi connectivity index (χ1v) is 8.34. The minimum absolute atomic E-state index is 0.759. The number of hydrogen-bond donors (Lipinski definition) is 0. The van der Waals surface area contributed by atoms with Crippen molar-refractivity contribution in [3.05, 3.63) is 64.7 Å². The zero-order valence-corrected chi connectivity index (χ0v) is 14.0. The highest BCUT2D eigenvalue weighted by Crippen LogP contribution is 2.27. The Morgan fingerprint density at radius 2 is 1.77 bits per heavy atom. The fourth-order valence-electron chi connectivity index (χ4n) is 2.23. The number of thioether (sulfide) groups is 1. The van der Waals surface area contributed by atoms with Gasteiger partial charge < -0.3 is 4.57 Å². The van der Waals surface area contributed by atoms with E-state index in [-0.39, 0.29) is 0 Å². The van der Waals surface area contributed by atoms with Gasteiger partial charge in [0.05, 0.1) is 0 Å². The van der Waals surface area contributed by atoms with Gasteiger partial charge >= 0.3 is 0 Å². The van der Waals surface area contributed by atoms with Crippen molar-refractivity contribution in [2.45, 2.75) is 17.8 Å². The van der Waals surface area contributed by atoms with Crippen LogP contribution in [0.1, 0.15) is 11.1 Å². The maximum absolute atomic E-state index is 5.91. The van der Waals surface area contributed by atoms with Crippen LogP contribution in [-0.2, 0) is 12.8 Å². The fraction of sp³-hybridized carbons (Fsp3) is 0.176. The summed E-state index contributed by atoms with van der Waals surface area (Å²) in [5, 5.41) is 10.3. The molecule has 0 amide bonds. The summed E-state index contributed by atoms with van der Waals surface area (Å²) in [5.74, 6) is 1.74. The van der Waals surface area contributed by atoms with Crippen molar-refractivity contribution in [3.8, 4) is 11.4 Å². The number of halogens is 1. The molecule has 0 bridgehead atoms. The van der Waals surface area contributed by atoms with Crippen molar-refractivity contribution >= 4 is 23.4 Å². The summed E-state index contributed by atoms with van der Waals surface area (Å²) in [6.45, 7) is 2.09. The highest BCUT2D eigenvalue weighted by atomic mass is 35.5. The lowest BCUT2D eigenvalue weighted by atomic mass is 10.1. The van der Waals surface area contributed by atoms with E-state index in [0.29, 0.717) is 0 Å². The highest BCUT2D eigenvalue weighted by molar-refractivity contribution is 7.98. The summed E-state index contributed by atoms with van der Waals surface area (Å²) in [6.07, 6.45) is 0. The largest absolute Gasteiger partial charge is 0.305 e. The SMILES string of the molecule is Cc1ccccc1-c1nnc(SCc2ccc(Cl)cc2)n1C. The van der Waals surface area contributed by atoms with E-state index < -0.39 is 0 Å². The Labute approximate surface area is 139 Å².